The summed E-state index contributed by atoms with van der Waals surface area (Å²) in [4.78, 5) is 0. The van der Waals surface area contributed by atoms with Crippen LogP contribution in [0.15, 0.2) is 29.8 Å². The molecule has 2 atom stereocenters. The van der Waals surface area contributed by atoms with Crippen molar-refractivity contribution in [3.05, 3.63) is 40.4 Å². The third kappa shape index (κ3) is 2.22. The van der Waals surface area contributed by atoms with Gasteiger partial charge in [-0.15, -0.1) is 0 Å². The van der Waals surface area contributed by atoms with Crippen LogP contribution in [0, 0.1) is 11.3 Å². The molecule has 1 aromatic carbocycles. The lowest BCUT2D eigenvalue weighted by molar-refractivity contribution is 0.00416. The number of hydrogen-bond donors (Lipinski definition) is 1. The van der Waals surface area contributed by atoms with Gasteiger partial charge < -0.3 is 5.11 Å². The first-order valence-corrected chi connectivity index (χ1v) is 6.82. The van der Waals surface area contributed by atoms with Gasteiger partial charge in [0, 0.05) is 5.02 Å². The lowest BCUT2D eigenvalue weighted by Crippen LogP contribution is -2.37. The molecule has 0 aliphatic heterocycles. The second kappa shape index (κ2) is 4.40. The van der Waals surface area contributed by atoms with E-state index < -0.39 is 5.60 Å². The van der Waals surface area contributed by atoms with Crippen molar-refractivity contribution in [1.82, 2.24) is 0 Å². The summed E-state index contributed by atoms with van der Waals surface area (Å²) in [5.41, 5.74) is 1.39. The van der Waals surface area contributed by atoms with Crippen molar-refractivity contribution in [3.8, 4) is 0 Å². The van der Waals surface area contributed by atoms with E-state index in [0.717, 1.165) is 22.6 Å². The third-order valence-corrected chi connectivity index (χ3v) is 4.67. The van der Waals surface area contributed by atoms with Crippen LogP contribution in [0.4, 0.5) is 0 Å². The second-order valence-electron chi connectivity index (χ2n) is 6.21. The summed E-state index contributed by atoms with van der Waals surface area (Å²) in [5.74, 6) is 0.408. The van der Waals surface area contributed by atoms with Crippen LogP contribution in [-0.2, 0) is 0 Å². The minimum absolute atomic E-state index is 0.0787. The Balaban J connectivity index is 2.41. The van der Waals surface area contributed by atoms with Gasteiger partial charge in [-0.2, -0.15) is 0 Å². The summed E-state index contributed by atoms with van der Waals surface area (Å²) in [5, 5.41) is 11.5. The van der Waals surface area contributed by atoms with Crippen LogP contribution in [0.5, 0.6) is 0 Å². The Kier molecular flexibility index (Phi) is 3.33. The van der Waals surface area contributed by atoms with Gasteiger partial charge in [-0.3, -0.25) is 0 Å². The highest BCUT2D eigenvalue weighted by Gasteiger charge is 2.50. The monoisotopic (exact) mass is 264 g/mol. The van der Waals surface area contributed by atoms with Gasteiger partial charge >= 0.3 is 0 Å². The maximum atomic E-state index is 10.8. The maximum Gasteiger partial charge on any atom is 0.0885 e. The molecule has 1 N–H and O–H groups in total. The Morgan fingerprint density at radius 1 is 1.22 bits per heavy atom. The average Bonchev–Trinajstić information content (AvgIpc) is 2.40. The number of halogens is 1. The van der Waals surface area contributed by atoms with Crippen molar-refractivity contribution < 1.29 is 5.11 Å². The molecule has 2 unspecified atom stereocenters. The summed E-state index contributed by atoms with van der Waals surface area (Å²) in [7, 11) is 0. The predicted molar refractivity (Wildman–Crippen MR) is 77.6 cm³/mol. The van der Waals surface area contributed by atoms with Gasteiger partial charge in [0.15, 0.2) is 0 Å². The summed E-state index contributed by atoms with van der Waals surface area (Å²) < 4.78 is 0. The third-order valence-electron chi connectivity index (χ3n) is 4.42. The summed E-state index contributed by atoms with van der Waals surface area (Å²) >= 11 is 5.89. The fraction of sp³-hybridized carbons (Fsp3) is 0.500. The van der Waals surface area contributed by atoms with Crippen molar-refractivity contribution in [2.45, 2.75) is 39.7 Å². The molecule has 1 aliphatic carbocycles. The molecule has 2 rings (SSSR count). The van der Waals surface area contributed by atoms with E-state index in [2.05, 4.69) is 26.8 Å². The van der Waals surface area contributed by atoms with Crippen LogP contribution in [0.25, 0.3) is 6.08 Å². The number of benzene rings is 1. The van der Waals surface area contributed by atoms with E-state index in [0.29, 0.717) is 5.92 Å². The van der Waals surface area contributed by atoms with Crippen LogP contribution < -0.4 is 0 Å². The topological polar surface area (TPSA) is 20.2 Å². The van der Waals surface area contributed by atoms with Gasteiger partial charge in [0.05, 0.1) is 5.60 Å². The number of hydrogen-bond acceptors (Lipinski definition) is 1. The Morgan fingerprint density at radius 2 is 1.78 bits per heavy atom. The summed E-state index contributed by atoms with van der Waals surface area (Å²) in [6, 6.07) is 7.74. The van der Waals surface area contributed by atoms with Gasteiger partial charge in [-0.05, 0) is 47.9 Å². The molecule has 0 spiro atoms. The lowest BCUT2D eigenvalue weighted by atomic mass is 9.77. The van der Waals surface area contributed by atoms with Crippen molar-refractivity contribution >= 4 is 17.7 Å². The molecule has 0 saturated heterocycles. The highest BCUT2D eigenvalue weighted by molar-refractivity contribution is 6.30. The van der Waals surface area contributed by atoms with Gasteiger partial charge in [-0.25, -0.2) is 0 Å². The standard InChI is InChI=1S/C16H21ClO/c1-11-10-15(2,3)16(4,18)14(11)9-12-5-7-13(17)8-6-12/h5-9,11,18H,10H2,1-4H3. The van der Waals surface area contributed by atoms with Crippen LogP contribution >= 0.6 is 11.6 Å². The minimum Gasteiger partial charge on any atom is -0.385 e. The second-order valence-corrected chi connectivity index (χ2v) is 6.65. The van der Waals surface area contributed by atoms with Crippen molar-refractivity contribution in [1.29, 1.82) is 0 Å². The van der Waals surface area contributed by atoms with Gasteiger partial charge in [0.1, 0.15) is 0 Å². The fourth-order valence-electron chi connectivity index (χ4n) is 2.97. The van der Waals surface area contributed by atoms with E-state index in [9.17, 15) is 5.11 Å². The summed E-state index contributed by atoms with van der Waals surface area (Å²) in [6.45, 7) is 8.38. The molecule has 1 fully saturated rings. The van der Waals surface area contributed by atoms with Crippen molar-refractivity contribution in [3.63, 3.8) is 0 Å². The number of aliphatic hydroxyl groups is 1. The molecule has 18 heavy (non-hydrogen) atoms. The largest absolute Gasteiger partial charge is 0.385 e. The van der Waals surface area contributed by atoms with E-state index >= 15 is 0 Å². The van der Waals surface area contributed by atoms with E-state index in [1.165, 1.54) is 0 Å². The van der Waals surface area contributed by atoms with Crippen molar-refractivity contribution in [2.24, 2.45) is 11.3 Å². The van der Waals surface area contributed by atoms with Gasteiger partial charge in [0.2, 0.25) is 0 Å². The molecule has 0 bridgehead atoms. The highest BCUT2D eigenvalue weighted by atomic mass is 35.5. The smallest absolute Gasteiger partial charge is 0.0885 e. The molecular weight excluding hydrogens is 244 g/mol. The Labute approximate surface area is 114 Å². The number of rotatable bonds is 1. The molecule has 1 nitrogen and oxygen atoms in total. The molecular formula is C16H21ClO. The first-order chi connectivity index (χ1) is 8.24. The zero-order valence-electron chi connectivity index (χ0n) is 11.5. The fourth-order valence-corrected chi connectivity index (χ4v) is 3.09. The quantitative estimate of drug-likeness (QED) is 0.790. The van der Waals surface area contributed by atoms with Crippen LogP contribution in [-0.4, -0.2) is 10.7 Å². The van der Waals surface area contributed by atoms with Gasteiger partial charge in [0.25, 0.3) is 0 Å². The zero-order valence-corrected chi connectivity index (χ0v) is 12.3. The first kappa shape index (κ1) is 13.6. The van der Waals surface area contributed by atoms with E-state index in [1.807, 2.05) is 31.2 Å². The van der Waals surface area contributed by atoms with E-state index in [4.69, 9.17) is 11.6 Å². The molecule has 0 heterocycles. The SMILES string of the molecule is CC1CC(C)(C)C(C)(O)C1=Cc1ccc(Cl)cc1. The van der Waals surface area contributed by atoms with E-state index in [-0.39, 0.29) is 5.41 Å². The molecule has 1 aromatic rings. The molecule has 0 aromatic heterocycles. The highest BCUT2D eigenvalue weighted by Crippen LogP contribution is 2.52. The lowest BCUT2D eigenvalue weighted by Gasteiger charge is -2.34. The van der Waals surface area contributed by atoms with Crippen LogP contribution in [0.2, 0.25) is 5.02 Å². The van der Waals surface area contributed by atoms with Crippen LogP contribution in [0.3, 0.4) is 0 Å². The molecule has 2 heteroatoms. The zero-order chi connectivity index (χ0) is 13.6. The first-order valence-electron chi connectivity index (χ1n) is 6.44. The van der Waals surface area contributed by atoms with Crippen molar-refractivity contribution in [2.75, 3.05) is 0 Å². The molecule has 0 radical (unpaired) electrons. The van der Waals surface area contributed by atoms with E-state index in [1.54, 1.807) is 0 Å². The molecule has 1 saturated carbocycles. The Bertz CT molecular complexity index is 468. The van der Waals surface area contributed by atoms with Crippen LogP contribution in [0.1, 0.15) is 39.7 Å². The molecule has 1 aliphatic rings. The average molecular weight is 265 g/mol. The molecule has 0 amide bonds. The Morgan fingerprint density at radius 3 is 2.22 bits per heavy atom. The normalized spacial score (nSPS) is 33.0. The summed E-state index contributed by atoms with van der Waals surface area (Å²) in [6.07, 6.45) is 3.12. The maximum absolute atomic E-state index is 10.8. The Hall–Kier alpha value is -0.790. The minimum atomic E-state index is -0.744. The van der Waals surface area contributed by atoms with Gasteiger partial charge in [-0.1, -0.05) is 50.6 Å². The predicted octanol–water partition coefficient (Wildman–Crippen LogP) is 4.54. The molecule has 98 valence electrons.